The van der Waals surface area contributed by atoms with Crippen LogP contribution in [0.15, 0.2) is 0 Å². The van der Waals surface area contributed by atoms with E-state index in [1.807, 2.05) is 0 Å². The molecule has 0 atom stereocenters. The lowest BCUT2D eigenvalue weighted by Crippen LogP contribution is -2.45. The summed E-state index contributed by atoms with van der Waals surface area (Å²) in [5, 5.41) is 2.82. The molecule has 0 bridgehead atoms. The third-order valence-electron chi connectivity index (χ3n) is 2.99. The first-order chi connectivity index (χ1) is 7.92. The molecular weight excluding hydrogens is 240 g/mol. The second-order valence-corrected chi connectivity index (χ2v) is 7.41. The molecule has 1 rings (SSSR count). The molecular formula is C11H22N2O3S. The van der Waals surface area contributed by atoms with E-state index >= 15 is 0 Å². The molecule has 100 valence electrons. The molecule has 0 aliphatic carbocycles. The first kappa shape index (κ1) is 14.6. The van der Waals surface area contributed by atoms with E-state index in [-0.39, 0.29) is 18.0 Å². The lowest BCUT2D eigenvalue weighted by atomic mass is 10.2. The van der Waals surface area contributed by atoms with E-state index in [2.05, 4.69) is 10.2 Å². The predicted molar refractivity (Wildman–Crippen MR) is 67.9 cm³/mol. The van der Waals surface area contributed by atoms with Crippen LogP contribution >= 0.6 is 0 Å². The summed E-state index contributed by atoms with van der Waals surface area (Å²) >= 11 is 0. The van der Waals surface area contributed by atoms with Gasteiger partial charge in [-0.2, -0.15) is 0 Å². The molecule has 0 aromatic rings. The number of hydrogen-bond donors (Lipinski definition) is 1. The quantitative estimate of drug-likeness (QED) is 0.710. The Kier molecular flexibility index (Phi) is 5.55. The van der Waals surface area contributed by atoms with E-state index < -0.39 is 15.1 Å². The SMILES string of the molecule is CC(C)S(=O)(=O)CCC(=O)CN1CCNCC1. The Morgan fingerprint density at radius 2 is 1.88 bits per heavy atom. The Bertz CT molecular complexity index is 346. The molecule has 1 fully saturated rings. The highest BCUT2D eigenvalue weighted by Gasteiger charge is 2.19. The molecule has 0 amide bonds. The van der Waals surface area contributed by atoms with Crippen LogP contribution in [-0.4, -0.2) is 62.8 Å². The van der Waals surface area contributed by atoms with Gasteiger partial charge in [-0.1, -0.05) is 0 Å². The highest BCUT2D eigenvalue weighted by molar-refractivity contribution is 7.91. The molecule has 0 spiro atoms. The van der Waals surface area contributed by atoms with Crippen LogP contribution in [0.2, 0.25) is 0 Å². The van der Waals surface area contributed by atoms with Gasteiger partial charge in [-0.05, 0) is 13.8 Å². The number of ketones is 1. The van der Waals surface area contributed by atoms with Gasteiger partial charge in [0.2, 0.25) is 0 Å². The maximum atomic E-state index is 11.7. The number of piperazine rings is 1. The number of nitrogens with one attached hydrogen (secondary N) is 1. The van der Waals surface area contributed by atoms with Crippen molar-refractivity contribution in [3.8, 4) is 0 Å². The Morgan fingerprint density at radius 1 is 1.29 bits per heavy atom. The smallest absolute Gasteiger partial charge is 0.153 e. The van der Waals surface area contributed by atoms with Gasteiger partial charge in [0.15, 0.2) is 9.84 Å². The summed E-state index contributed by atoms with van der Waals surface area (Å²) in [6, 6.07) is 0. The molecule has 0 aromatic heterocycles. The normalized spacial score (nSPS) is 18.5. The molecule has 1 aliphatic rings. The first-order valence-electron chi connectivity index (χ1n) is 6.08. The maximum Gasteiger partial charge on any atom is 0.153 e. The van der Waals surface area contributed by atoms with Crippen molar-refractivity contribution in [1.29, 1.82) is 0 Å². The van der Waals surface area contributed by atoms with Crippen molar-refractivity contribution >= 4 is 15.6 Å². The van der Waals surface area contributed by atoms with Crippen molar-refractivity contribution in [3.63, 3.8) is 0 Å². The van der Waals surface area contributed by atoms with Crippen molar-refractivity contribution in [2.45, 2.75) is 25.5 Å². The molecule has 1 N–H and O–H groups in total. The fraction of sp³-hybridized carbons (Fsp3) is 0.909. The van der Waals surface area contributed by atoms with Gasteiger partial charge in [-0.25, -0.2) is 8.42 Å². The van der Waals surface area contributed by atoms with Crippen LogP contribution < -0.4 is 5.32 Å². The molecule has 1 saturated heterocycles. The zero-order valence-corrected chi connectivity index (χ0v) is 11.4. The molecule has 0 radical (unpaired) electrons. The molecule has 17 heavy (non-hydrogen) atoms. The standard InChI is InChI=1S/C11H22N2O3S/c1-10(2)17(15,16)8-3-11(14)9-13-6-4-12-5-7-13/h10,12H,3-9H2,1-2H3. The van der Waals surface area contributed by atoms with Gasteiger partial charge in [0.1, 0.15) is 5.78 Å². The zero-order valence-electron chi connectivity index (χ0n) is 10.6. The van der Waals surface area contributed by atoms with Crippen LogP contribution in [0.4, 0.5) is 0 Å². The van der Waals surface area contributed by atoms with Crippen molar-refractivity contribution in [1.82, 2.24) is 10.2 Å². The van der Waals surface area contributed by atoms with Crippen LogP contribution in [0.25, 0.3) is 0 Å². The van der Waals surface area contributed by atoms with Gasteiger partial charge in [-0.15, -0.1) is 0 Å². The van der Waals surface area contributed by atoms with E-state index in [0.717, 1.165) is 26.2 Å². The minimum absolute atomic E-state index is 0.0183. The Hall–Kier alpha value is -0.460. The first-order valence-corrected chi connectivity index (χ1v) is 7.79. The number of hydrogen-bond acceptors (Lipinski definition) is 5. The average Bonchev–Trinajstić information content (AvgIpc) is 2.28. The number of carbonyl (C=O) groups excluding carboxylic acids is 1. The van der Waals surface area contributed by atoms with Crippen LogP contribution in [0.3, 0.4) is 0 Å². The van der Waals surface area contributed by atoms with E-state index in [1.54, 1.807) is 13.8 Å². The lowest BCUT2D eigenvalue weighted by molar-refractivity contribution is -0.119. The fourth-order valence-electron chi connectivity index (χ4n) is 1.69. The largest absolute Gasteiger partial charge is 0.314 e. The van der Waals surface area contributed by atoms with Crippen LogP contribution in [0, 0.1) is 0 Å². The Morgan fingerprint density at radius 3 is 2.41 bits per heavy atom. The number of nitrogens with zero attached hydrogens (tertiary/aromatic N) is 1. The van der Waals surface area contributed by atoms with Crippen LogP contribution in [0.1, 0.15) is 20.3 Å². The van der Waals surface area contributed by atoms with Gasteiger partial charge >= 0.3 is 0 Å². The molecule has 1 aliphatic heterocycles. The summed E-state index contributed by atoms with van der Waals surface area (Å²) in [4.78, 5) is 13.7. The minimum Gasteiger partial charge on any atom is -0.314 e. The number of carbonyl (C=O) groups is 1. The predicted octanol–water partition coefficient (Wildman–Crippen LogP) is -0.326. The summed E-state index contributed by atoms with van der Waals surface area (Å²) in [5.74, 6) is 0.00593. The van der Waals surface area contributed by atoms with Gasteiger partial charge in [0.05, 0.1) is 17.5 Å². The topological polar surface area (TPSA) is 66.5 Å². The van der Waals surface area contributed by atoms with Crippen molar-refractivity contribution in [2.75, 3.05) is 38.5 Å². The zero-order chi connectivity index (χ0) is 12.9. The average molecular weight is 262 g/mol. The Labute approximate surface area is 103 Å². The summed E-state index contributed by atoms with van der Waals surface area (Å²) in [5.41, 5.74) is 0. The van der Waals surface area contributed by atoms with Crippen LogP contribution in [-0.2, 0) is 14.6 Å². The highest BCUT2D eigenvalue weighted by atomic mass is 32.2. The summed E-state index contributed by atoms with van der Waals surface area (Å²) < 4.78 is 23.1. The van der Waals surface area contributed by atoms with Crippen molar-refractivity contribution in [3.05, 3.63) is 0 Å². The lowest BCUT2D eigenvalue weighted by Gasteiger charge is -2.26. The fourth-order valence-corrected chi connectivity index (χ4v) is 2.67. The Balaban J connectivity index is 2.30. The monoisotopic (exact) mass is 262 g/mol. The molecule has 0 aromatic carbocycles. The number of Topliss-reactive ketones (excluding diaryl/α,β-unsaturated/α-hetero) is 1. The van der Waals surface area contributed by atoms with Crippen molar-refractivity contribution < 1.29 is 13.2 Å². The molecule has 6 heteroatoms. The maximum absolute atomic E-state index is 11.7. The van der Waals surface area contributed by atoms with E-state index in [4.69, 9.17) is 0 Å². The highest BCUT2D eigenvalue weighted by Crippen LogP contribution is 2.04. The van der Waals surface area contributed by atoms with Gasteiger partial charge in [-0.3, -0.25) is 9.69 Å². The third-order valence-corrected chi connectivity index (χ3v) is 5.20. The molecule has 5 nitrogen and oxygen atoms in total. The molecule has 0 saturated carbocycles. The summed E-state index contributed by atoms with van der Waals surface area (Å²) in [7, 11) is -3.09. The van der Waals surface area contributed by atoms with E-state index in [0.29, 0.717) is 6.54 Å². The molecule has 1 heterocycles. The number of sulfone groups is 1. The summed E-state index contributed by atoms with van der Waals surface area (Å²) in [6.45, 7) is 7.21. The van der Waals surface area contributed by atoms with Crippen LogP contribution in [0.5, 0.6) is 0 Å². The second kappa shape index (κ2) is 6.47. The second-order valence-electron chi connectivity index (χ2n) is 4.73. The van der Waals surface area contributed by atoms with Gasteiger partial charge < -0.3 is 5.32 Å². The van der Waals surface area contributed by atoms with E-state index in [9.17, 15) is 13.2 Å². The minimum atomic E-state index is -3.09. The van der Waals surface area contributed by atoms with Crippen molar-refractivity contribution in [2.24, 2.45) is 0 Å². The third kappa shape index (κ3) is 5.14. The van der Waals surface area contributed by atoms with E-state index in [1.165, 1.54) is 0 Å². The van der Waals surface area contributed by atoms with Gasteiger partial charge in [0, 0.05) is 32.6 Å². The van der Waals surface area contributed by atoms with Gasteiger partial charge in [0.25, 0.3) is 0 Å². The number of rotatable bonds is 6. The summed E-state index contributed by atoms with van der Waals surface area (Å²) in [6.07, 6.45) is 0.143. The molecule has 0 unspecified atom stereocenters.